The normalized spacial score (nSPS) is 20.6. The van der Waals surface area contributed by atoms with Crippen molar-refractivity contribution in [2.75, 3.05) is 19.6 Å². The molecule has 22 heavy (non-hydrogen) atoms. The van der Waals surface area contributed by atoms with E-state index in [1.807, 2.05) is 0 Å². The van der Waals surface area contributed by atoms with Crippen molar-refractivity contribution in [3.05, 3.63) is 35.6 Å². The van der Waals surface area contributed by atoms with Gasteiger partial charge in [0.25, 0.3) is 5.91 Å². The largest absolute Gasteiger partial charge is 0.364 e. The Labute approximate surface area is 128 Å². The topological polar surface area (TPSA) is 93.5 Å². The fourth-order valence-corrected chi connectivity index (χ4v) is 2.29. The van der Waals surface area contributed by atoms with Crippen molar-refractivity contribution in [3.8, 4) is 0 Å². The van der Waals surface area contributed by atoms with Gasteiger partial charge in [-0.25, -0.2) is 4.39 Å². The molecule has 2 rings (SSSR count). The second-order valence-corrected chi connectivity index (χ2v) is 5.09. The summed E-state index contributed by atoms with van der Waals surface area (Å²) >= 11 is 0. The number of amides is 2. The number of nitrogens with two attached hydrogens (primary N) is 1. The summed E-state index contributed by atoms with van der Waals surface area (Å²) in [6.07, 6.45) is 0.890. The van der Waals surface area contributed by atoms with Gasteiger partial charge in [-0.3, -0.25) is 9.59 Å². The maximum absolute atomic E-state index is 13.4. The van der Waals surface area contributed by atoms with Crippen molar-refractivity contribution in [1.82, 2.24) is 10.6 Å². The number of hydrogen-bond acceptors (Lipinski definition) is 4. The lowest BCUT2D eigenvalue weighted by Crippen LogP contribution is -2.40. The number of carbonyl (C=O) groups excluding carboxylic acids is 2. The van der Waals surface area contributed by atoms with E-state index in [0.717, 1.165) is 6.42 Å². The van der Waals surface area contributed by atoms with E-state index in [1.54, 1.807) is 6.07 Å². The maximum Gasteiger partial charge on any atom is 0.254 e. The van der Waals surface area contributed by atoms with Crippen molar-refractivity contribution in [2.45, 2.75) is 25.0 Å². The van der Waals surface area contributed by atoms with Crippen molar-refractivity contribution in [1.29, 1.82) is 0 Å². The molecule has 0 spiro atoms. The van der Waals surface area contributed by atoms with E-state index in [4.69, 9.17) is 10.5 Å². The minimum atomic E-state index is -0.573. The summed E-state index contributed by atoms with van der Waals surface area (Å²) in [5, 5.41) is 5.23. The van der Waals surface area contributed by atoms with Crippen LogP contribution >= 0.6 is 0 Å². The van der Waals surface area contributed by atoms with Gasteiger partial charge in [0.2, 0.25) is 5.91 Å². The first-order chi connectivity index (χ1) is 10.6. The van der Waals surface area contributed by atoms with Crippen LogP contribution in [0.5, 0.6) is 0 Å². The van der Waals surface area contributed by atoms with Crippen LogP contribution in [0.1, 0.15) is 23.2 Å². The quantitative estimate of drug-likeness (QED) is 0.653. The lowest BCUT2D eigenvalue weighted by molar-refractivity contribution is -0.131. The van der Waals surface area contributed by atoms with Gasteiger partial charge in [-0.2, -0.15) is 0 Å². The Morgan fingerprint density at radius 3 is 2.64 bits per heavy atom. The third-order valence-electron chi connectivity index (χ3n) is 3.49. The first-order valence-corrected chi connectivity index (χ1v) is 7.27. The highest BCUT2D eigenvalue weighted by atomic mass is 19.1. The summed E-state index contributed by atoms with van der Waals surface area (Å²) < 4.78 is 18.9. The lowest BCUT2D eigenvalue weighted by Gasteiger charge is -2.13. The first-order valence-electron chi connectivity index (χ1n) is 7.27. The first kappa shape index (κ1) is 16.4. The maximum atomic E-state index is 13.4. The van der Waals surface area contributed by atoms with Gasteiger partial charge in [-0.1, -0.05) is 12.1 Å². The van der Waals surface area contributed by atoms with E-state index in [-0.39, 0.29) is 30.7 Å². The van der Waals surface area contributed by atoms with E-state index >= 15 is 0 Å². The number of benzene rings is 1. The standard InChI is InChI=1S/C15H20FN3O3/c16-12-4-2-1-3-11(12)14(20)18-7-8-19-15(21)13-6-5-10(9-17)22-13/h1-4,10,13H,5-9,17H2,(H,18,20)(H,19,21)/t10-,13+/m1/s1. The number of nitrogens with one attached hydrogen (secondary N) is 2. The Morgan fingerprint density at radius 1 is 1.23 bits per heavy atom. The number of hydrogen-bond donors (Lipinski definition) is 3. The van der Waals surface area contributed by atoms with Gasteiger partial charge in [0.15, 0.2) is 0 Å². The van der Waals surface area contributed by atoms with E-state index in [1.165, 1.54) is 18.2 Å². The molecule has 1 heterocycles. The van der Waals surface area contributed by atoms with Gasteiger partial charge >= 0.3 is 0 Å². The monoisotopic (exact) mass is 309 g/mol. The summed E-state index contributed by atoms with van der Waals surface area (Å²) in [6.45, 7) is 0.876. The second kappa shape index (κ2) is 7.86. The number of ether oxygens (including phenoxy) is 1. The predicted molar refractivity (Wildman–Crippen MR) is 78.7 cm³/mol. The molecular formula is C15H20FN3O3. The smallest absolute Gasteiger partial charge is 0.254 e. The van der Waals surface area contributed by atoms with Gasteiger partial charge in [0, 0.05) is 19.6 Å². The van der Waals surface area contributed by atoms with Gasteiger partial charge in [-0.05, 0) is 25.0 Å². The number of rotatable bonds is 6. The third-order valence-corrected chi connectivity index (χ3v) is 3.49. The minimum Gasteiger partial charge on any atom is -0.364 e. The molecule has 2 atom stereocenters. The van der Waals surface area contributed by atoms with Crippen molar-refractivity contribution in [3.63, 3.8) is 0 Å². The second-order valence-electron chi connectivity index (χ2n) is 5.09. The van der Waals surface area contributed by atoms with Crippen LogP contribution in [-0.2, 0) is 9.53 Å². The zero-order valence-electron chi connectivity index (χ0n) is 12.2. The van der Waals surface area contributed by atoms with Crippen LogP contribution in [0.3, 0.4) is 0 Å². The highest BCUT2D eigenvalue weighted by Crippen LogP contribution is 2.18. The summed E-state index contributed by atoms with van der Waals surface area (Å²) in [6, 6.07) is 5.73. The zero-order valence-corrected chi connectivity index (χ0v) is 12.2. The average molecular weight is 309 g/mol. The van der Waals surface area contributed by atoms with Crippen LogP contribution in [0.25, 0.3) is 0 Å². The molecule has 1 fully saturated rings. The van der Waals surface area contributed by atoms with E-state index in [0.29, 0.717) is 13.0 Å². The Balaban J connectivity index is 1.68. The Bertz CT molecular complexity index is 539. The fourth-order valence-electron chi connectivity index (χ4n) is 2.29. The summed E-state index contributed by atoms with van der Waals surface area (Å²) in [5.74, 6) is -1.29. The molecule has 0 unspecified atom stereocenters. The predicted octanol–water partition coefficient (Wildman–Crippen LogP) is 0.178. The third kappa shape index (κ3) is 4.25. The molecule has 2 amide bonds. The van der Waals surface area contributed by atoms with Gasteiger partial charge in [0.1, 0.15) is 11.9 Å². The molecule has 4 N–H and O–H groups in total. The van der Waals surface area contributed by atoms with Crippen LogP contribution in [-0.4, -0.2) is 43.7 Å². The summed E-state index contributed by atoms with van der Waals surface area (Å²) in [7, 11) is 0. The molecule has 1 saturated heterocycles. The molecule has 1 aliphatic rings. The van der Waals surface area contributed by atoms with Crippen molar-refractivity contribution in [2.24, 2.45) is 5.73 Å². The summed E-state index contributed by atoms with van der Waals surface area (Å²) in [5.41, 5.74) is 5.47. The SMILES string of the molecule is NC[C@H]1CC[C@@H](C(=O)NCCNC(=O)c2ccccc2F)O1. The molecule has 0 bridgehead atoms. The van der Waals surface area contributed by atoms with Crippen LogP contribution in [0.4, 0.5) is 4.39 Å². The minimum absolute atomic E-state index is 0.0151. The fraction of sp³-hybridized carbons (Fsp3) is 0.467. The summed E-state index contributed by atoms with van der Waals surface area (Å²) in [4.78, 5) is 23.6. The number of carbonyl (C=O) groups is 2. The molecule has 0 aliphatic carbocycles. The van der Waals surface area contributed by atoms with Crippen LogP contribution in [0, 0.1) is 5.82 Å². The number of halogens is 1. The molecule has 0 radical (unpaired) electrons. The van der Waals surface area contributed by atoms with E-state index in [2.05, 4.69) is 10.6 Å². The Morgan fingerprint density at radius 2 is 1.95 bits per heavy atom. The molecule has 7 heteroatoms. The van der Waals surface area contributed by atoms with Crippen LogP contribution in [0.15, 0.2) is 24.3 Å². The molecule has 120 valence electrons. The Kier molecular flexibility index (Phi) is 5.85. The molecule has 6 nitrogen and oxygen atoms in total. The highest BCUT2D eigenvalue weighted by Gasteiger charge is 2.29. The van der Waals surface area contributed by atoms with Crippen molar-refractivity contribution < 1.29 is 18.7 Å². The van der Waals surface area contributed by atoms with Crippen LogP contribution in [0.2, 0.25) is 0 Å². The molecule has 1 aliphatic heterocycles. The molecular weight excluding hydrogens is 289 g/mol. The van der Waals surface area contributed by atoms with Crippen LogP contribution < -0.4 is 16.4 Å². The van der Waals surface area contributed by atoms with Gasteiger partial charge < -0.3 is 21.1 Å². The van der Waals surface area contributed by atoms with Gasteiger partial charge in [-0.15, -0.1) is 0 Å². The zero-order chi connectivity index (χ0) is 15.9. The Hall–Kier alpha value is -1.99. The van der Waals surface area contributed by atoms with E-state index in [9.17, 15) is 14.0 Å². The molecule has 0 saturated carbocycles. The molecule has 0 aromatic heterocycles. The van der Waals surface area contributed by atoms with E-state index < -0.39 is 17.8 Å². The van der Waals surface area contributed by atoms with Gasteiger partial charge in [0.05, 0.1) is 11.7 Å². The molecule has 1 aromatic rings. The average Bonchev–Trinajstić information content (AvgIpc) is 3.00. The van der Waals surface area contributed by atoms with Crippen molar-refractivity contribution >= 4 is 11.8 Å². The lowest BCUT2D eigenvalue weighted by atomic mass is 10.2. The molecule has 1 aromatic carbocycles. The highest BCUT2D eigenvalue weighted by molar-refractivity contribution is 5.94.